The normalized spacial score (nSPS) is 13.3. The molecule has 1 atom stereocenters. The van der Waals surface area contributed by atoms with Crippen molar-refractivity contribution in [2.24, 2.45) is 0 Å². The van der Waals surface area contributed by atoms with Crippen LogP contribution in [0.3, 0.4) is 0 Å². The molecule has 0 amide bonds. The SMILES string of the molecule is CC[Si](C#CC[Si](C)(C)C)(CC)OC(/C=C/Cc1ccccc1)CC=O. The van der Waals surface area contributed by atoms with Gasteiger partial charge in [-0.05, 0) is 24.1 Å². The molecule has 0 N–H and O–H groups in total. The highest BCUT2D eigenvalue weighted by Crippen LogP contribution is 2.20. The summed E-state index contributed by atoms with van der Waals surface area (Å²) in [5, 5.41) is 0. The lowest BCUT2D eigenvalue weighted by atomic mass is 10.1. The zero-order valence-electron chi connectivity index (χ0n) is 17.0. The standard InChI is InChI=1S/C22H34O2Si2/c1-6-26(7-2,20-12-19-25(3,4)5)24-22(17-18-23)16-11-15-21-13-9-8-10-14-21/h8-11,13-14,16,18,22H,6-7,15,17,19H2,1-5H3/b16-11+. The lowest BCUT2D eigenvalue weighted by molar-refractivity contribution is -0.108. The van der Waals surface area contributed by atoms with Gasteiger partial charge in [-0.1, -0.05) is 81.5 Å². The van der Waals surface area contributed by atoms with Gasteiger partial charge in [0, 0.05) is 12.5 Å². The second-order valence-electron chi connectivity index (χ2n) is 7.92. The molecule has 0 spiro atoms. The largest absolute Gasteiger partial charge is 0.398 e. The van der Waals surface area contributed by atoms with E-state index in [1.165, 1.54) is 5.56 Å². The van der Waals surface area contributed by atoms with Crippen LogP contribution >= 0.6 is 0 Å². The summed E-state index contributed by atoms with van der Waals surface area (Å²) in [5.74, 6) is 3.43. The highest BCUT2D eigenvalue weighted by atomic mass is 28.4. The summed E-state index contributed by atoms with van der Waals surface area (Å²) in [6.07, 6.45) is 6.21. The molecular formula is C22H34O2Si2. The van der Waals surface area contributed by atoms with Gasteiger partial charge in [0.15, 0.2) is 0 Å². The zero-order valence-corrected chi connectivity index (χ0v) is 19.0. The summed E-state index contributed by atoms with van der Waals surface area (Å²) >= 11 is 0. The van der Waals surface area contributed by atoms with Gasteiger partial charge in [-0.2, -0.15) is 0 Å². The Balaban J connectivity index is 2.83. The molecule has 0 aromatic heterocycles. The second kappa shape index (κ2) is 11.3. The van der Waals surface area contributed by atoms with Gasteiger partial charge in [-0.15, -0.1) is 5.92 Å². The molecule has 0 aliphatic carbocycles. The van der Waals surface area contributed by atoms with Crippen molar-refractivity contribution in [1.82, 2.24) is 0 Å². The van der Waals surface area contributed by atoms with Crippen LogP contribution in [0, 0.1) is 11.5 Å². The quantitative estimate of drug-likeness (QED) is 0.225. The third kappa shape index (κ3) is 8.80. The van der Waals surface area contributed by atoms with Crippen LogP contribution in [0.1, 0.15) is 25.8 Å². The van der Waals surface area contributed by atoms with E-state index in [-0.39, 0.29) is 6.10 Å². The number of hydrogen-bond acceptors (Lipinski definition) is 2. The number of rotatable bonds is 10. The van der Waals surface area contributed by atoms with Crippen LogP contribution in [-0.2, 0) is 15.6 Å². The number of allylic oxidation sites excluding steroid dienone is 1. The van der Waals surface area contributed by atoms with E-state index in [1.54, 1.807) is 0 Å². The Labute approximate surface area is 162 Å². The molecule has 0 aliphatic heterocycles. The average molecular weight is 387 g/mol. The Bertz CT molecular complexity index is 617. The molecule has 26 heavy (non-hydrogen) atoms. The van der Waals surface area contributed by atoms with Crippen LogP contribution in [0.15, 0.2) is 42.5 Å². The van der Waals surface area contributed by atoms with Gasteiger partial charge < -0.3 is 9.22 Å². The first-order valence-electron chi connectivity index (χ1n) is 9.66. The van der Waals surface area contributed by atoms with Gasteiger partial charge in [-0.3, -0.25) is 0 Å². The molecule has 1 aromatic rings. The smallest absolute Gasteiger partial charge is 0.272 e. The Kier molecular flexibility index (Phi) is 9.86. The maximum absolute atomic E-state index is 11.1. The van der Waals surface area contributed by atoms with Crippen molar-refractivity contribution in [2.45, 2.75) is 70.6 Å². The summed E-state index contributed by atoms with van der Waals surface area (Å²) < 4.78 is 6.49. The van der Waals surface area contributed by atoms with Crippen molar-refractivity contribution in [2.75, 3.05) is 0 Å². The number of hydrogen-bond donors (Lipinski definition) is 0. The van der Waals surface area contributed by atoms with E-state index in [0.29, 0.717) is 6.42 Å². The Morgan fingerprint density at radius 1 is 1.12 bits per heavy atom. The molecule has 0 heterocycles. The van der Waals surface area contributed by atoms with Gasteiger partial charge in [-0.25, -0.2) is 0 Å². The molecule has 142 valence electrons. The summed E-state index contributed by atoms with van der Waals surface area (Å²) in [6.45, 7) is 11.4. The van der Waals surface area contributed by atoms with Crippen molar-refractivity contribution in [3.8, 4) is 11.5 Å². The van der Waals surface area contributed by atoms with Gasteiger partial charge in [0.05, 0.1) is 14.2 Å². The molecule has 0 bridgehead atoms. The summed E-state index contributed by atoms with van der Waals surface area (Å²) in [7, 11) is -3.30. The van der Waals surface area contributed by atoms with Crippen molar-refractivity contribution in [1.29, 1.82) is 0 Å². The molecule has 0 saturated carbocycles. The lowest BCUT2D eigenvalue weighted by Crippen LogP contribution is -2.39. The predicted octanol–water partition coefficient (Wildman–Crippen LogP) is 5.63. The molecule has 1 rings (SSSR count). The number of aldehydes is 1. The highest BCUT2D eigenvalue weighted by Gasteiger charge is 2.32. The maximum atomic E-state index is 11.1. The molecule has 4 heteroatoms. The first-order valence-corrected chi connectivity index (χ1v) is 15.7. The third-order valence-electron chi connectivity index (χ3n) is 4.33. The van der Waals surface area contributed by atoms with Gasteiger partial charge >= 0.3 is 0 Å². The molecular weight excluding hydrogens is 352 g/mol. The van der Waals surface area contributed by atoms with E-state index in [2.05, 4.69) is 69.2 Å². The van der Waals surface area contributed by atoms with Crippen LogP contribution in [0.2, 0.25) is 37.8 Å². The Morgan fingerprint density at radius 2 is 1.77 bits per heavy atom. The minimum atomic E-state index is -2.12. The van der Waals surface area contributed by atoms with E-state index >= 15 is 0 Å². The van der Waals surface area contributed by atoms with Crippen molar-refractivity contribution < 1.29 is 9.22 Å². The van der Waals surface area contributed by atoms with Crippen LogP contribution in [-0.4, -0.2) is 28.8 Å². The number of carbonyl (C=O) groups is 1. The minimum absolute atomic E-state index is 0.163. The van der Waals surface area contributed by atoms with Crippen LogP contribution < -0.4 is 0 Å². The fraction of sp³-hybridized carbons (Fsp3) is 0.500. The van der Waals surface area contributed by atoms with Crippen molar-refractivity contribution >= 4 is 22.7 Å². The predicted molar refractivity (Wildman–Crippen MR) is 117 cm³/mol. The van der Waals surface area contributed by atoms with E-state index in [9.17, 15) is 4.79 Å². The molecule has 1 aromatic carbocycles. The highest BCUT2D eigenvalue weighted by molar-refractivity contribution is 6.82. The maximum Gasteiger partial charge on any atom is 0.272 e. The average Bonchev–Trinajstić information content (AvgIpc) is 2.61. The zero-order chi connectivity index (χ0) is 19.5. The first kappa shape index (κ1) is 22.6. The van der Waals surface area contributed by atoms with Gasteiger partial charge in [0.25, 0.3) is 8.32 Å². The van der Waals surface area contributed by atoms with Crippen molar-refractivity contribution in [3.05, 3.63) is 48.0 Å². The number of benzene rings is 1. The fourth-order valence-corrected chi connectivity index (χ4v) is 5.82. The molecule has 0 fully saturated rings. The van der Waals surface area contributed by atoms with Crippen LogP contribution in [0.4, 0.5) is 0 Å². The third-order valence-corrected chi connectivity index (χ3v) is 9.24. The monoisotopic (exact) mass is 386 g/mol. The molecule has 0 saturated heterocycles. The lowest BCUT2D eigenvalue weighted by Gasteiger charge is -2.27. The van der Waals surface area contributed by atoms with E-state index in [1.807, 2.05) is 18.2 Å². The van der Waals surface area contributed by atoms with Crippen molar-refractivity contribution in [3.63, 3.8) is 0 Å². The second-order valence-corrected chi connectivity index (χ2v) is 17.3. The summed E-state index contributed by atoms with van der Waals surface area (Å²) in [6, 6.07) is 13.3. The molecule has 0 aliphatic rings. The van der Waals surface area contributed by atoms with Crippen LogP contribution in [0.25, 0.3) is 0 Å². The molecule has 1 unspecified atom stereocenters. The Hall–Kier alpha value is -1.42. The van der Waals surface area contributed by atoms with E-state index < -0.39 is 16.4 Å². The van der Waals surface area contributed by atoms with E-state index in [0.717, 1.165) is 30.8 Å². The molecule has 2 nitrogen and oxygen atoms in total. The van der Waals surface area contributed by atoms with Gasteiger partial charge in [0.2, 0.25) is 0 Å². The van der Waals surface area contributed by atoms with Crippen LogP contribution in [0.5, 0.6) is 0 Å². The minimum Gasteiger partial charge on any atom is -0.398 e. The summed E-state index contributed by atoms with van der Waals surface area (Å²) in [4.78, 5) is 11.1. The van der Waals surface area contributed by atoms with E-state index in [4.69, 9.17) is 4.43 Å². The van der Waals surface area contributed by atoms with Gasteiger partial charge in [0.1, 0.15) is 6.29 Å². The Morgan fingerprint density at radius 3 is 2.31 bits per heavy atom. The fourth-order valence-electron chi connectivity index (χ4n) is 2.61. The summed E-state index contributed by atoms with van der Waals surface area (Å²) in [5.41, 5.74) is 4.80. The number of carbonyl (C=O) groups excluding carboxylic acids is 1. The topological polar surface area (TPSA) is 26.3 Å². The first-order chi connectivity index (χ1) is 12.3. The molecule has 0 radical (unpaired) electrons.